The topological polar surface area (TPSA) is 75.9 Å². The van der Waals surface area contributed by atoms with Crippen LogP contribution in [0.3, 0.4) is 0 Å². The smallest absolute Gasteiger partial charge is 0.228 e. The maximum Gasteiger partial charge on any atom is 0.228 e. The molecule has 4 atom stereocenters. The Labute approximate surface area is 171 Å². The molecule has 2 fully saturated rings. The van der Waals surface area contributed by atoms with E-state index in [2.05, 4.69) is 12.1 Å². The summed E-state index contributed by atoms with van der Waals surface area (Å²) in [7, 11) is 3.39. The number of nitrogens with zero attached hydrogens (tertiary/aromatic N) is 2. The molecule has 0 spiro atoms. The Morgan fingerprint density at radius 1 is 1.03 bits per heavy atom. The van der Waals surface area contributed by atoms with Gasteiger partial charge in [-0.3, -0.25) is 9.59 Å². The van der Waals surface area contributed by atoms with Gasteiger partial charge < -0.3 is 20.3 Å². The number of ether oxygens (including phenoxy) is 1. The number of hydrogen-bond acceptors (Lipinski definition) is 4. The second kappa shape index (κ2) is 7.87. The highest BCUT2D eigenvalue weighted by molar-refractivity contribution is 5.90. The average Bonchev–Trinajstić information content (AvgIpc) is 3.28. The molecule has 2 heterocycles. The van der Waals surface area contributed by atoms with Crippen LogP contribution in [-0.2, 0) is 9.59 Å². The minimum Gasteiger partial charge on any atom is -0.497 e. The van der Waals surface area contributed by atoms with Crippen LogP contribution in [0.25, 0.3) is 0 Å². The zero-order valence-corrected chi connectivity index (χ0v) is 16.8. The minimum absolute atomic E-state index is 0.00715. The van der Waals surface area contributed by atoms with Crippen molar-refractivity contribution >= 4 is 11.8 Å². The number of nitrogens with two attached hydrogens (primary N) is 1. The minimum atomic E-state index is -0.400. The van der Waals surface area contributed by atoms with E-state index in [1.165, 1.54) is 0 Å². The van der Waals surface area contributed by atoms with Crippen LogP contribution in [0, 0.1) is 5.92 Å². The molecule has 2 aliphatic rings. The summed E-state index contributed by atoms with van der Waals surface area (Å²) in [5, 5.41) is 0. The molecule has 152 valence electrons. The zero-order chi connectivity index (χ0) is 20.5. The van der Waals surface area contributed by atoms with Crippen molar-refractivity contribution in [2.45, 2.75) is 24.4 Å². The lowest BCUT2D eigenvalue weighted by atomic mass is 9.92. The quantitative estimate of drug-likeness (QED) is 0.864. The third-order valence-corrected chi connectivity index (χ3v) is 6.27. The number of hydrogen-bond donors (Lipinski definition) is 1. The third-order valence-electron chi connectivity index (χ3n) is 6.27. The first-order valence-corrected chi connectivity index (χ1v) is 9.98. The van der Waals surface area contributed by atoms with Gasteiger partial charge in [-0.2, -0.15) is 0 Å². The van der Waals surface area contributed by atoms with E-state index < -0.39 is 5.92 Å². The summed E-state index contributed by atoms with van der Waals surface area (Å²) in [6.07, 6.45) is 0.230. The van der Waals surface area contributed by atoms with Gasteiger partial charge in [0.15, 0.2) is 0 Å². The fraction of sp³-hybridized carbons (Fsp3) is 0.391. The van der Waals surface area contributed by atoms with Gasteiger partial charge >= 0.3 is 0 Å². The Bertz CT molecular complexity index is 884. The predicted molar refractivity (Wildman–Crippen MR) is 110 cm³/mol. The highest BCUT2D eigenvalue weighted by Gasteiger charge is 2.46. The van der Waals surface area contributed by atoms with Gasteiger partial charge in [-0.05, 0) is 23.3 Å². The van der Waals surface area contributed by atoms with Crippen LogP contribution in [-0.4, -0.2) is 54.9 Å². The highest BCUT2D eigenvalue weighted by Crippen LogP contribution is 2.40. The maximum absolute atomic E-state index is 13.4. The van der Waals surface area contributed by atoms with E-state index in [0.29, 0.717) is 13.1 Å². The normalized spacial score (nSPS) is 26.8. The van der Waals surface area contributed by atoms with E-state index in [1.54, 1.807) is 19.1 Å². The van der Waals surface area contributed by atoms with Crippen molar-refractivity contribution in [2.75, 3.05) is 27.2 Å². The number of amides is 2. The Morgan fingerprint density at radius 2 is 1.72 bits per heavy atom. The molecule has 0 aromatic heterocycles. The van der Waals surface area contributed by atoms with Crippen molar-refractivity contribution in [3.05, 3.63) is 65.7 Å². The predicted octanol–water partition coefficient (Wildman–Crippen LogP) is 2.17. The molecule has 2 amide bonds. The SMILES string of the molecule is COc1ccc(C2C(C(=O)N3C[C@@H](N)[C@H](c4ccccc4)C3)CC(=O)N2C)cc1. The first-order valence-electron chi connectivity index (χ1n) is 9.98. The fourth-order valence-electron chi connectivity index (χ4n) is 4.64. The summed E-state index contributed by atoms with van der Waals surface area (Å²) < 4.78 is 5.23. The van der Waals surface area contributed by atoms with Gasteiger partial charge in [-0.1, -0.05) is 42.5 Å². The van der Waals surface area contributed by atoms with Crippen molar-refractivity contribution in [1.82, 2.24) is 9.80 Å². The molecule has 4 rings (SSSR count). The number of likely N-dealkylation sites (tertiary alicyclic amines) is 2. The van der Waals surface area contributed by atoms with Gasteiger partial charge in [-0.15, -0.1) is 0 Å². The molecule has 6 nitrogen and oxygen atoms in total. The molecule has 0 bridgehead atoms. The van der Waals surface area contributed by atoms with E-state index in [4.69, 9.17) is 10.5 Å². The summed E-state index contributed by atoms with van der Waals surface area (Å²) >= 11 is 0. The van der Waals surface area contributed by atoms with Crippen molar-refractivity contribution in [3.63, 3.8) is 0 Å². The third kappa shape index (κ3) is 3.60. The Balaban J connectivity index is 1.55. The Kier molecular flexibility index (Phi) is 5.28. The molecule has 2 N–H and O–H groups in total. The molecule has 0 radical (unpaired) electrons. The molecule has 2 aromatic carbocycles. The molecule has 2 aromatic rings. The number of carbonyl (C=O) groups excluding carboxylic acids is 2. The zero-order valence-electron chi connectivity index (χ0n) is 16.8. The molecular formula is C23H27N3O3. The largest absolute Gasteiger partial charge is 0.497 e. The van der Waals surface area contributed by atoms with E-state index in [-0.39, 0.29) is 36.2 Å². The van der Waals surface area contributed by atoms with Crippen LogP contribution in [0.2, 0.25) is 0 Å². The Hall–Kier alpha value is -2.86. The molecule has 6 heteroatoms. The van der Waals surface area contributed by atoms with Gasteiger partial charge in [0, 0.05) is 38.5 Å². The number of benzene rings is 2. The number of methoxy groups -OCH3 is 1. The van der Waals surface area contributed by atoms with E-state index in [1.807, 2.05) is 47.4 Å². The Morgan fingerprint density at radius 3 is 2.38 bits per heavy atom. The van der Waals surface area contributed by atoms with Crippen LogP contribution in [0.5, 0.6) is 5.75 Å². The molecule has 0 saturated carbocycles. The highest BCUT2D eigenvalue weighted by atomic mass is 16.5. The van der Waals surface area contributed by atoms with Crippen molar-refractivity contribution in [1.29, 1.82) is 0 Å². The van der Waals surface area contributed by atoms with Crippen molar-refractivity contribution in [2.24, 2.45) is 11.7 Å². The molecule has 2 saturated heterocycles. The van der Waals surface area contributed by atoms with Gasteiger partial charge in [0.1, 0.15) is 5.75 Å². The van der Waals surface area contributed by atoms with Crippen LogP contribution >= 0.6 is 0 Å². The summed E-state index contributed by atoms with van der Waals surface area (Å²) in [5.41, 5.74) is 8.48. The summed E-state index contributed by atoms with van der Waals surface area (Å²) in [5.74, 6) is 0.474. The standard InChI is InChI=1S/C23H27N3O3/c1-25-21(27)12-18(22(25)16-8-10-17(29-2)11-9-16)23(28)26-13-19(20(24)14-26)15-6-4-3-5-7-15/h3-11,18-20,22H,12-14,24H2,1-2H3/t18?,19-,20+,22?/m0/s1. The van der Waals surface area contributed by atoms with Crippen molar-refractivity contribution in [3.8, 4) is 5.75 Å². The first kappa shape index (κ1) is 19.5. The maximum atomic E-state index is 13.4. The van der Waals surface area contributed by atoms with Crippen LogP contribution in [0.15, 0.2) is 54.6 Å². The number of rotatable bonds is 4. The van der Waals surface area contributed by atoms with Crippen LogP contribution < -0.4 is 10.5 Å². The monoisotopic (exact) mass is 393 g/mol. The van der Waals surface area contributed by atoms with E-state index in [9.17, 15) is 9.59 Å². The van der Waals surface area contributed by atoms with Crippen LogP contribution in [0.4, 0.5) is 0 Å². The first-order chi connectivity index (χ1) is 14.0. The van der Waals surface area contributed by atoms with Gasteiger partial charge in [0.05, 0.1) is 19.1 Å². The van der Waals surface area contributed by atoms with E-state index >= 15 is 0 Å². The second-order valence-electron chi connectivity index (χ2n) is 7.96. The average molecular weight is 393 g/mol. The van der Waals surface area contributed by atoms with Gasteiger partial charge in [0.2, 0.25) is 11.8 Å². The van der Waals surface area contributed by atoms with Crippen molar-refractivity contribution < 1.29 is 14.3 Å². The summed E-state index contributed by atoms with van der Waals surface area (Å²) in [6, 6.07) is 17.3. The lowest BCUT2D eigenvalue weighted by Crippen LogP contribution is -2.38. The lowest BCUT2D eigenvalue weighted by Gasteiger charge is -2.28. The van der Waals surface area contributed by atoms with Gasteiger partial charge in [-0.25, -0.2) is 0 Å². The van der Waals surface area contributed by atoms with Crippen LogP contribution in [0.1, 0.15) is 29.5 Å². The molecule has 2 aliphatic heterocycles. The fourth-order valence-corrected chi connectivity index (χ4v) is 4.64. The summed E-state index contributed by atoms with van der Waals surface area (Å²) in [6.45, 7) is 1.11. The number of carbonyl (C=O) groups is 2. The van der Waals surface area contributed by atoms with E-state index in [0.717, 1.165) is 16.9 Å². The molecular weight excluding hydrogens is 366 g/mol. The molecule has 29 heavy (non-hydrogen) atoms. The molecule has 2 unspecified atom stereocenters. The summed E-state index contributed by atoms with van der Waals surface area (Å²) in [4.78, 5) is 29.4. The van der Waals surface area contributed by atoms with Gasteiger partial charge in [0.25, 0.3) is 0 Å². The lowest BCUT2D eigenvalue weighted by molar-refractivity contribution is -0.135. The molecule has 0 aliphatic carbocycles. The second-order valence-corrected chi connectivity index (χ2v) is 7.96.